The Hall–Kier alpha value is -5.27. The molecule has 0 radical (unpaired) electrons. The summed E-state index contributed by atoms with van der Waals surface area (Å²) in [5, 5.41) is 17.0. The van der Waals surface area contributed by atoms with Gasteiger partial charge in [0.1, 0.15) is 36.3 Å². The number of ether oxygens (including phenoxy) is 2. The molecule has 0 fully saturated rings. The molecular weight excluding hydrogens is 670 g/mol. The summed E-state index contributed by atoms with van der Waals surface area (Å²) in [4.78, 5) is 40.6. The molecule has 12 nitrogen and oxygen atoms in total. The number of carbonyl (C=O) groups is 3. The number of carboxylic acid groups (broad SMARTS) is 2. The van der Waals surface area contributed by atoms with Gasteiger partial charge >= 0.3 is 24.3 Å². The highest BCUT2D eigenvalue weighted by molar-refractivity contribution is 5.95. The molecule has 4 rings (SSSR count). The number of amides is 1. The first kappa shape index (κ1) is 38.9. The number of carbonyl (C=O) groups excluding carboxylic acids is 1. The second kappa shape index (κ2) is 16.5. The minimum absolute atomic E-state index is 0.0124. The summed E-state index contributed by atoms with van der Waals surface area (Å²) in [6.07, 6.45) is -8.43. The molecule has 0 bridgehead atoms. The number of halogens is 8. The summed E-state index contributed by atoms with van der Waals surface area (Å²) in [7, 11) is 3.80. The van der Waals surface area contributed by atoms with Gasteiger partial charge in [-0.1, -0.05) is 0 Å². The van der Waals surface area contributed by atoms with Crippen LogP contribution in [0.3, 0.4) is 0 Å². The predicted molar refractivity (Wildman–Crippen MR) is 151 cm³/mol. The van der Waals surface area contributed by atoms with E-state index in [-0.39, 0.29) is 35.5 Å². The fourth-order valence-corrected chi connectivity index (χ4v) is 3.60. The van der Waals surface area contributed by atoms with E-state index in [1.54, 1.807) is 6.07 Å². The van der Waals surface area contributed by atoms with Crippen molar-refractivity contribution in [1.82, 2.24) is 14.9 Å². The number of nitrogen functional groups attached to an aromatic ring is 1. The zero-order valence-corrected chi connectivity index (χ0v) is 24.8. The summed E-state index contributed by atoms with van der Waals surface area (Å²) in [6.45, 7) is 1.05. The summed E-state index contributed by atoms with van der Waals surface area (Å²) >= 11 is 0. The number of benzene rings is 2. The van der Waals surface area contributed by atoms with Crippen molar-refractivity contribution < 1.29 is 69.2 Å². The highest BCUT2D eigenvalue weighted by atomic mass is 19.4. The van der Waals surface area contributed by atoms with Crippen LogP contribution in [0.2, 0.25) is 0 Å². The van der Waals surface area contributed by atoms with Crippen molar-refractivity contribution >= 4 is 29.5 Å². The highest BCUT2D eigenvalue weighted by Crippen LogP contribution is 2.35. The second-order valence-electron chi connectivity index (χ2n) is 9.84. The molecule has 20 heteroatoms. The number of nitrogens with one attached hydrogen (secondary N) is 1. The van der Waals surface area contributed by atoms with Gasteiger partial charge in [0.25, 0.3) is 0 Å². The Balaban J connectivity index is 0.000000479. The summed E-state index contributed by atoms with van der Waals surface area (Å²) < 4.78 is 104. The molecule has 0 saturated heterocycles. The van der Waals surface area contributed by atoms with Crippen LogP contribution < -0.4 is 20.5 Å². The molecule has 0 aliphatic carbocycles. The van der Waals surface area contributed by atoms with Gasteiger partial charge in [-0.05, 0) is 56.4 Å². The van der Waals surface area contributed by atoms with E-state index in [2.05, 4.69) is 15.3 Å². The van der Waals surface area contributed by atoms with Gasteiger partial charge in [-0.3, -0.25) is 4.79 Å². The third kappa shape index (κ3) is 12.2. The van der Waals surface area contributed by atoms with Gasteiger partial charge in [0.05, 0.1) is 17.3 Å². The van der Waals surface area contributed by atoms with Crippen molar-refractivity contribution in [1.29, 1.82) is 0 Å². The zero-order chi connectivity index (χ0) is 36.4. The SMILES string of the molecule is CN(C)CCOc1cc(-c2ccnc(N)n2)c(F)cc1NC(=O)C1COc2ccc(F)cc2C1.O=C(O)C(F)(F)F.O=C(O)C(F)(F)F. The van der Waals surface area contributed by atoms with Crippen molar-refractivity contribution in [2.24, 2.45) is 5.92 Å². The number of anilines is 2. The van der Waals surface area contributed by atoms with Crippen LogP contribution in [0.5, 0.6) is 11.5 Å². The number of aliphatic carboxylic acids is 2. The number of alkyl halides is 6. The lowest BCUT2D eigenvalue weighted by Gasteiger charge is -2.25. The molecule has 1 aliphatic heterocycles. The number of carboxylic acids is 2. The van der Waals surface area contributed by atoms with Crippen LogP contribution in [-0.2, 0) is 20.8 Å². The van der Waals surface area contributed by atoms with Crippen molar-refractivity contribution in [2.75, 3.05) is 44.9 Å². The van der Waals surface area contributed by atoms with Gasteiger partial charge in [-0.15, -0.1) is 0 Å². The van der Waals surface area contributed by atoms with Crippen LogP contribution >= 0.6 is 0 Å². The lowest BCUT2D eigenvalue weighted by molar-refractivity contribution is -0.193. The number of hydrogen-bond donors (Lipinski definition) is 4. The number of fused-ring (bicyclic) bond motifs is 1. The van der Waals surface area contributed by atoms with E-state index in [1.807, 2.05) is 19.0 Å². The summed E-state index contributed by atoms with van der Waals surface area (Å²) in [6, 6.07) is 8.41. The molecule has 5 N–H and O–H groups in total. The number of likely N-dealkylation sites (N-methyl/N-ethyl adjacent to an activating group) is 1. The zero-order valence-electron chi connectivity index (χ0n) is 24.8. The summed E-state index contributed by atoms with van der Waals surface area (Å²) in [5.74, 6) is -6.63. The molecule has 48 heavy (non-hydrogen) atoms. The van der Waals surface area contributed by atoms with Crippen LogP contribution in [-0.4, -0.2) is 89.1 Å². The van der Waals surface area contributed by atoms with E-state index < -0.39 is 41.8 Å². The molecule has 1 aliphatic rings. The number of hydrogen-bond acceptors (Lipinski definition) is 9. The minimum Gasteiger partial charge on any atom is -0.492 e. The Kier molecular flexibility index (Phi) is 13.4. The molecule has 1 unspecified atom stereocenters. The molecule has 2 heterocycles. The molecule has 1 aromatic heterocycles. The van der Waals surface area contributed by atoms with Gasteiger partial charge in [-0.2, -0.15) is 26.3 Å². The maximum absolute atomic E-state index is 15.0. The van der Waals surface area contributed by atoms with Crippen molar-refractivity contribution in [3.63, 3.8) is 0 Å². The Morgan fingerprint density at radius 2 is 1.62 bits per heavy atom. The monoisotopic (exact) mass is 697 g/mol. The van der Waals surface area contributed by atoms with Gasteiger partial charge in [0.15, 0.2) is 0 Å². The number of rotatable bonds is 7. The molecule has 1 amide bonds. The Morgan fingerprint density at radius 3 is 2.17 bits per heavy atom. The molecule has 262 valence electrons. The summed E-state index contributed by atoms with van der Waals surface area (Å²) in [5.41, 5.74) is 6.89. The normalized spacial score (nSPS) is 13.9. The largest absolute Gasteiger partial charge is 0.492 e. The first-order valence-corrected chi connectivity index (χ1v) is 13.2. The minimum atomic E-state index is -5.08. The Bertz CT molecular complexity index is 1580. The standard InChI is InChI=1S/C24H25F2N5O3.2C2HF3O2/c1-31(2)7-8-33-22-11-17(19-5-6-28-24(27)30-19)18(26)12-20(22)29-23(32)15-9-14-10-16(25)3-4-21(14)34-13-15;2*3-2(4,5)1(6)7/h3-6,10-12,15H,7-9,13H2,1-2H3,(H,29,32)(H2,27,28,30);2*(H,6,7). The van der Waals surface area contributed by atoms with Gasteiger partial charge in [0, 0.05) is 24.4 Å². The quantitative estimate of drug-likeness (QED) is 0.258. The molecule has 0 spiro atoms. The Labute approximate surface area is 266 Å². The van der Waals surface area contributed by atoms with Gasteiger partial charge < -0.3 is 35.6 Å². The van der Waals surface area contributed by atoms with Crippen molar-refractivity contribution in [3.05, 3.63) is 59.8 Å². The van der Waals surface area contributed by atoms with E-state index in [9.17, 15) is 35.5 Å². The fourth-order valence-electron chi connectivity index (χ4n) is 3.60. The van der Waals surface area contributed by atoms with Gasteiger partial charge in [0.2, 0.25) is 11.9 Å². The Morgan fingerprint density at radius 1 is 1.02 bits per heavy atom. The maximum Gasteiger partial charge on any atom is 0.490 e. The van der Waals surface area contributed by atoms with Crippen molar-refractivity contribution in [3.8, 4) is 22.8 Å². The maximum atomic E-state index is 15.0. The predicted octanol–water partition coefficient (Wildman–Crippen LogP) is 4.40. The van der Waals surface area contributed by atoms with Crippen LogP contribution in [0.1, 0.15) is 5.56 Å². The first-order valence-electron chi connectivity index (χ1n) is 13.2. The van der Waals surface area contributed by atoms with Crippen LogP contribution in [0.4, 0.5) is 46.8 Å². The molecule has 1 atom stereocenters. The van der Waals surface area contributed by atoms with Gasteiger partial charge in [-0.25, -0.2) is 28.3 Å². The van der Waals surface area contributed by atoms with E-state index in [0.29, 0.717) is 36.6 Å². The number of nitrogens with two attached hydrogens (primary N) is 1. The fraction of sp³-hybridized carbons (Fsp3) is 0.321. The third-order valence-electron chi connectivity index (χ3n) is 5.86. The lowest BCUT2D eigenvalue weighted by atomic mass is 9.95. The average molecular weight is 698 g/mol. The topological polar surface area (TPSA) is 177 Å². The van der Waals surface area contributed by atoms with E-state index in [0.717, 1.165) is 0 Å². The molecule has 2 aromatic carbocycles. The van der Waals surface area contributed by atoms with Crippen LogP contribution in [0, 0.1) is 17.6 Å². The molecule has 3 aromatic rings. The van der Waals surface area contributed by atoms with E-state index in [4.69, 9.17) is 35.0 Å². The van der Waals surface area contributed by atoms with E-state index >= 15 is 4.39 Å². The first-order chi connectivity index (χ1) is 22.2. The number of nitrogens with zero attached hydrogens (tertiary/aromatic N) is 3. The average Bonchev–Trinajstić information content (AvgIpc) is 2.97. The molecule has 0 saturated carbocycles. The van der Waals surface area contributed by atoms with E-state index in [1.165, 1.54) is 36.5 Å². The number of aromatic nitrogens is 2. The smallest absolute Gasteiger partial charge is 0.490 e. The third-order valence-corrected chi connectivity index (χ3v) is 5.86. The van der Waals surface area contributed by atoms with Crippen molar-refractivity contribution in [2.45, 2.75) is 18.8 Å². The molecular formula is C28H27F8N5O7. The van der Waals surface area contributed by atoms with Crippen LogP contribution in [0.15, 0.2) is 42.6 Å². The second-order valence-corrected chi connectivity index (χ2v) is 9.84. The lowest BCUT2D eigenvalue weighted by Crippen LogP contribution is -2.33. The highest BCUT2D eigenvalue weighted by Gasteiger charge is 2.39. The van der Waals surface area contributed by atoms with Crippen LogP contribution in [0.25, 0.3) is 11.3 Å².